The second-order valence-electron chi connectivity index (χ2n) is 5.10. The molecule has 0 bridgehead atoms. The van der Waals surface area contributed by atoms with E-state index in [-0.39, 0.29) is 5.75 Å². The van der Waals surface area contributed by atoms with E-state index in [1.807, 2.05) is 20.0 Å². The molecule has 21 heavy (non-hydrogen) atoms. The normalized spacial score (nSPS) is 12.1. The minimum absolute atomic E-state index is 0.218. The van der Waals surface area contributed by atoms with Gasteiger partial charge in [-0.3, -0.25) is 4.90 Å². The van der Waals surface area contributed by atoms with E-state index in [1.165, 1.54) is 0 Å². The van der Waals surface area contributed by atoms with E-state index in [4.69, 9.17) is 16.1 Å². The summed E-state index contributed by atoms with van der Waals surface area (Å²) in [5.74, 6) is 1.44. The van der Waals surface area contributed by atoms with Crippen LogP contribution in [0.25, 0.3) is 6.08 Å². The van der Waals surface area contributed by atoms with Crippen molar-refractivity contribution in [3.05, 3.63) is 46.1 Å². The molecule has 0 radical (unpaired) electrons. The predicted octanol–water partition coefficient (Wildman–Crippen LogP) is 3.27. The van der Waals surface area contributed by atoms with Crippen molar-refractivity contribution in [1.29, 1.82) is 0 Å². The number of phenols is 1. The first-order chi connectivity index (χ1) is 9.94. The van der Waals surface area contributed by atoms with E-state index in [0.29, 0.717) is 28.8 Å². The van der Waals surface area contributed by atoms with E-state index in [1.54, 1.807) is 25.1 Å². The third-order valence-electron chi connectivity index (χ3n) is 2.89. The Kier molecular flexibility index (Phi) is 4.98. The van der Waals surface area contributed by atoms with Crippen molar-refractivity contribution in [2.24, 2.45) is 0 Å². The molecule has 5 nitrogen and oxygen atoms in total. The Morgan fingerprint density at radius 2 is 2.24 bits per heavy atom. The number of aryl methyl sites for hydroxylation is 1. The lowest BCUT2D eigenvalue weighted by atomic mass is 10.1. The quantitative estimate of drug-likeness (QED) is 0.918. The Hall–Kier alpha value is -1.85. The highest BCUT2D eigenvalue weighted by molar-refractivity contribution is 6.30. The molecule has 2 rings (SSSR count). The molecule has 0 aliphatic rings. The van der Waals surface area contributed by atoms with Gasteiger partial charge in [0.2, 0.25) is 5.89 Å². The summed E-state index contributed by atoms with van der Waals surface area (Å²) >= 11 is 5.94. The third kappa shape index (κ3) is 4.58. The van der Waals surface area contributed by atoms with Gasteiger partial charge in [0.1, 0.15) is 5.75 Å². The van der Waals surface area contributed by atoms with Gasteiger partial charge in [-0.25, -0.2) is 0 Å². The molecule has 0 aliphatic heterocycles. The van der Waals surface area contributed by atoms with Gasteiger partial charge >= 0.3 is 0 Å². The fourth-order valence-electron chi connectivity index (χ4n) is 2.08. The smallest absolute Gasteiger partial charge is 0.223 e. The summed E-state index contributed by atoms with van der Waals surface area (Å²) in [6, 6.07) is 4.99. The van der Waals surface area contributed by atoms with Crippen LogP contribution in [0.5, 0.6) is 5.75 Å². The number of rotatable bonds is 5. The minimum Gasteiger partial charge on any atom is -0.507 e. The summed E-state index contributed by atoms with van der Waals surface area (Å²) in [5, 5.41) is 14.3. The van der Waals surface area contributed by atoms with Crippen molar-refractivity contribution in [3.8, 4) is 5.75 Å². The zero-order valence-electron chi connectivity index (χ0n) is 12.3. The first-order valence-corrected chi connectivity index (χ1v) is 6.95. The molecule has 0 spiro atoms. The number of hydrogen-bond donors (Lipinski definition) is 1. The molecule has 0 aliphatic carbocycles. The van der Waals surface area contributed by atoms with E-state index in [0.717, 1.165) is 12.1 Å². The first-order valence-electron chi connectivity index (χ1n) is 6.57. The maximum atomic E-state index is 9.81. The van der Waals surface area contributed by atoms with Crippen LogP contribution < -0.4 is 0 Å². The van der Waals surface area contributed by atoms with Gasteiger partial charge in [0.15, 0.2) is 5.82 Å². The highest BCUT2D eigenvalue weighted by Crippen LogP contribution is 2.24. The zero-order chi connectivity index (χ0) is 15.4. The van der Waals surface area contributed by atoms with Crippen LogP contribution in [0.2, 0.25) is 5.02 Å². The number of aromatic nitrogens is 2. The van der Waals surface area contributed by atoms with Gasteiger partial charge in [-0.05, 0) is 32.2 Å². The van der Waals surface area contributed by atoms with Crippen molar-refractivity contribution < 1.29 is 9.63 Å². The van der Waals surface area contributed by atoms with Gasteiger partial charge in [0.05, 0.1) is 6.54 Å². The Bertz CT molecular complexity index is 652. The van der Waals surface area contributed by atoms with Gasteiger partial charge in [-0.2, -0.15) is 4.98 Å². The van der Waals surface area contributed by atoms with Crippen LogP contribution in [-0.4, -0.2) is 33.7 Å². The van der Waals surface area contributed by atoms with Gasteiger partial charge in [-0.15, -0.1) is 0 Å². The van der Waals surface area contributed by atoms with E-state index >= 15 is 0 Å². The SMILES string of the molecule is CC(=Cc1cc(Cl)ccc1O)CN(C)Cc1noc(C)n1. The average molecular weight is 308 g/mol. The lowest BCUT2D eigenvalue weighted by Gasteiger charge is -2.14. The van der Waals surface area contributed by atoms with Crippen molar-refractivity contribution in [2.75, 3.05) is 13.6 Å². The second-order valence-corrected chi connectivity index (χ2v) is 5.53. The maximum absolute atomic E-state index is 9.81. The van der Waals surface area contributed by atoms with E-state index in [2.05, 4.69) is 15.0 Å². The molecule has 1 aromatic heterocycles. The van der Waals surface area contributed by atoms with E-state index < -0.39 is 0 Å². The van der Waals surface area contributed by atoms with Crippen LogP contribution in [0.4, 0.5) is 0 Å². The number of aromatic hydroxyl groups is 1. The molecule has 0 fully saturated rings. The summed E-state index contributed by atoms with van der Waals surface area (Å²) in [6.07, 6.45) is 1.92. The van der Waals surface area contributed by atoms with Crippen molar-refractivity contribution in [3.63, 3.8) is 0 Å². The van der Waals surface area contributed by atoms with Crippen LogP contribution in [0, 0.1) is 6.92 Å². The molecule has 0 unspecified atom stereocenters. The Labute approximate surface area is 128 Å². The Morgan fingerprint density at radius 3 is 2.90 bits per heavy atom. The predicted molar refractivity (Wildman–Crippen MR) is 82.1 cm³/mol. The molecule has 1 aromatic carbocycles. The topological polar surface area (TPSA) is 62.4 Å². The molecule has 6 heteroatoms. The molecule has 0 atom stereocenters. The number of nitrogens with zero attached hydrogens (tertiary/aromatic N) is 3. The fraction of sp³-hybridized carbons (Fsp3) is 0.333. The summed E-state index contributed by atoms with van der Waals surface area (Å²) in [7, 11) is 1.97. The van der Waals surface area contributed by atoms with Crippen LogP contribution in [0.15, 0.2) is 28.3 Å². The van der Waals surface area contributed by atoms with Crippen LogP contribution in [-0.2, 0) is 6.54 Å². The highest BCUT2D eigenvalue weighted by atomic mass is 35.5. The zero-order valence-corrected chi connectivity index (χ0v) is 13.1. The van der Waals surface area contributed by atoms with Crippen LogP contribution in [0.1, 0.15) is 24.2 Å². The largest absolute Gasteiger partial charge is 0.507 e. The monoisotopic (exact) mass is 307 g/mol. The van der Waals surface area contributed by atoms with Crippen molar-refractivity contribution in [2.45, 2.75) is 20.4 Å². The standard InChI is InChI=1S/C15H18ClN3O2/c1-10(6-12-7-13(16)4-5-14(12)20)8-19(3)9-15-17-11(2)21-18-15/h4-7,20H,8-9H2,1-3H3. The lowest BCUT2D eigenvalue weighted by Crippen LogP contribution is -2.20. The van der Waals surface area contributed by atoms with Crippen molar-refractivity contribution >= 4 is 17.7 Å². The third-order valence-corrected chi connectivity index (χ3v) is 3.13. The molecule has 1 N–H and O–H groups in total. The maximum Gasteiger partial charge on any atom is 0.223 e. The second kappa shape index (κ2) is 6.74. The molecule has 0 saturated carbocycles. The first kappa shape index (κ1) is 15.5. The summed E-state index contributed by atoms with van der Waals surface area (Å²) in [6.45, 7) is 5.09. The highest BCUT2D eigenvalue weighted by Gasteiger charge is 2.07. The summed E-state index contributed by atoms with van der Waals surface area (Å²) in [4.78, 5) is 6.24. The van der Waals surface area contributed by atoms with Gasteiger partial charge < -0.3 is 9.63 Å². The fourth-order valence-corrected chi connectivity index (χ4v) is 2.26. The number of hydrogen-bond acceptors (Lipinski definition) is 5. The molecular weight excluding hydrogens is 290 g/mol. The number of phenolic OH excluding ortho intramolecular Hbond substituents is 1. The number of likely N-dealkylation sites (N-methyl/N-ethyl adjacent to an activating group) is 1. The Balaban J connectivity index is 2.01. The van der Waals surface area contributed by atoms with Gasteiger partial charge in [0, 0.05) is 24.1 Å². The minimum atomic E-state index is 0.218. The van der Waals surface area contributed by atoms with Crippen molar-refractivity contribution in [1.82, 2.24) is 15.0 Å². The van der Waals surface area contributed by atoms with Crippen LogP contribution in [0.3, 0.4) is 0 Å². The summed E-state index contributed by atoms with van der Waals surface area (Å²) < 4.78 is 4.94. The summed E-state index contributed by atoms with van der Waals surface area (Å²) in [5.41, 5.74) is 1.80. The Morgan fingerprint density at radius 1 is 1.48 bits per heavy atom. The number of halogens is 1. The van der Waals surface area contributed by atoms with Gasteiger partial charge in [-0.1, -0.05) is 28.4 Å². The number of benzene rings is 1. The van der Waals surface area contributed by atoms with E-state index in [9.17, 15) is 5.11 Å². The molecule has 1 heterocycles. The average Bonchev–Trinajstić information content (AvgIpc) is 2.79. The molecule has 0 saturated heterocycles. The molecular formula is C15H18ClN3O2. The molecule has 112 valence electrons. The van der Waals surface area contributed by atoms with Gasteiger partial charge in [0.25, 0.3) is 0 Å². The lowest BCUT2D eigenvalue weighted by molar-refractivity contribution is 0.329. The van der Waals surface area contributed by atoms with Crippen LogP contribution >= 0.6 is 11.6 Å². The molecule has 2 aromatic rings. The molecule has 0 amide bonds.